The predicted octanol–water partition coefficient (Wildman–Crippen LogP) is 6.60. The van der Waals surface area contributed by atoms with Crippen LogP contribution in [0.15, 0.2) is 0 Å². The van der Waals surface area contributed by atoms with E-state index in [1.54, 1.807) is 0 Å². The average Bonchev–Trinajstić information content (AvgIpc) is 3.09. The van der Waals surface area contributed by atoms with Gasteiger partial charge >= 0.3 is 5.97 Å². The second-order valence-corrected chi connectivity index (χ2v) is 11.9. The molecular formula is C27H44O3. The number of hydrogen-bond acceptors (Lipinski definition) is 2. The number of carbonyl (C=O) groups excluding carboxylic acids is 1. The van der Waals surface area contributed by atoms with Crippen molar-refractivity contribution < 1.29 is 21.5 Å². The zero-order chi connectivity index (χ0) is 26.1. The van der Waals surface area contributed by atoms with Crippen LogP contribution in [-0.2, 0) is 9.59 Å². The van der Waals surface area contributed by atoms with Crippen molar-refractivity contribution in [1.82, 2.24) is 0 Å². The summed E-state index contributed by atoms with van der Waals surface area (Å²) < 4.78 is 41.6. The van der Waals surface area contributed by atoms with E-state index in [0.29, 0.717) is 18.3 Å². The maximum Gasteiger partial charge on any atom is 0.303 e. The van der Waals surface area contributed by atoms with Gasteiger partial charge in [-0.05, 0) is 97.7 Å². The van der Waals surface area contributed by atoms with Crippen molar-refractivity contribution in [2.45, 2.75) is 98.7 Å². The van der Waals surface area contributed by atoms with Gasteiger partial charge in [-0.2, -0.15) is 0 Å². The molecule has 0 aromatic heterocycles. The molecule has 4 rings (SSSR count). The first-order valence-corrected chi connectivity index (χ1v) is 12.3. The summed E-state index contributed by atoms with van der Waals surface area (Å²) in [7, 11) is 0. The van der Waals surface area contributed by atoms with Gasteiger partial charge in [-0.3, -0.25) is 9.59 Å². The van der Waals surface area contributed by atoms with E-state index in [1.165, 1.54) is 0 Å². The number of carboxylic acid groups (broad SMARTS) is 1. The molecule has 10 atom stereocenters. The fraction of sp³-hybridized carbons (Fsp3) is 0.926. The monoisotopic (exact) mass is 421 g/mol. The topological polar surface area (TPSA) is 54.4 Å². The molecule has 0 unspecified atom stereocenters. The van der Waals surface area contributed by atoms with Crippen LogP contribution in [0.4, 0.5) is 0 Å². The largest absolute Gasteiger partial charge is 0.481 e. The standard InChI is InChI=1S/C27H44O3/c1-6-18-22-15-16(2)11-13-27(22,5)21-12-14-26(4)19(17(3)7-10-23(28)29)8-9-20(26)24(21)25(18)30/h16-22,24H,6-15H2,1-5H3,(H,28,29)/t16-,17-,18-,19-,20+,21+,22+,24+,26-,27-/m1/s1/i1D3,6D2. The molecule has 4 aliphatic carbocycles. The molecule has 3 nitrogen and oxygen atoms in total. The number of ketones is 1. The number of Topliss-reactive ketones (excluding diaryl/α,β-unsaturated/α-hetero) is 1. The molecule has 30 heavy (non-hydrogen) atoms. The van der Waals surface area contributed by atoms with Gasteiger partial charge in [0, 0.05) is 25.1 Å². The summed E-state index contributed by atoms with van der Waals surface area (Å²) in [6.07, 6.45) is 4.75. The minimum Gasteiger partial charge on any atom is -0.481 e. The summed E-state index contributed by atoms with van der Waals surface area (Å²) in [5.41, 5.74) is -0.306. The Hall–Kier alpha value is -0.860. The van der Waals surface area contributed by atoms with Gasteiger partial charge in [-0.1, -0.05) is 41.0 Å². The molecule has 4 aliphatic rings. The van der Waals surface area contributed by atoms with Crippen LogP contribution in [0.25, 0.3) is 0 Å². The van der Waals surface area contributed by atoms with Crippen LogP contribution in [0, 0.1) is 58.2 Å². The van der Waals surface area contributed by atoms with E-state index in [9.17, 15) is 14.7 Å². The lowest BCUT2D eigenvalue weighted by atomic mass is 9.41. The van der Waals surface area contributed by atoms with Crippen LogP contribution in [-0.4, -0.2) is 16.9 Å². The fourth-order valence-electron chi connectivity index (χ4n) is 8.92. The van der Waals surface area contributed by atoms with Crippen molar-refractivity contribution in [2.75, 3.05) is 0 Å². The Morgan fingerprint density at radius 3 is 2.57 bits per heavy atom. The Labute approximate surface area is 190 Å². The third-order valence-corrected chi connectivity index (χ3v) is 10.6. The van der Waals surface area contributed by atoms with E-state index in [1.807, 2.05) is 0 Å². The van der Waals surface area contributed by atoms with Crippen LogP contribution in [0.2, 0.25) is 0 Å². The van der Waals surface area contributed by atoms with Crippen molar-refractivity contribution in [1.29, 1.82) is 0 Å². The van der Waals surface area contributed by atoms with Crippen LogP contribution >= 0.6 is 0 Å². The second-order valence-electron chi connectivity index (χ2n) is 11.9. The maximum absolute atomic E-state index is 14.4. The van der Waals surface area contributed by atoms with Crippen molar-refractivity contribution >= 4 is 11.8 Å². The SMILES string of the molecule is [2H]C([2H])([2H])C([2H])([2H])[C@H]1C(=O)[C@@H]2[C@H](CC[C@]3(C)[C@@H]([C@H](C)CCC(=O)O)CC[C@@H]23)[C@@]2(C)CC[C@@H](C)C[C@@H]12. The smallest absolute Gasteiger partial charge is 0.303 e. The predicted molar refractivity (Wildman–Crippen MR) is 120 cm³/mol. The average molecular weight is 422 g/mol. The highest BCUT2D eigenvalue weighted by molar-refractivity contribution is 5.86. The zero-order valence-electron chi connectivity index (χ0n) is 24.2. The van der Waals surface area contributed by atoms with E-state index in [0.717, 1.165) is 44.9 Å². The number of fused-ring (bicyclic) bond motifs is 5. The van der Waals surface area contributed by atoms with Gasteiger partial charge in [-0.25, -0.2) is 0 Å². The van der Waals surface area contributed by atoms with Gasteiger partial charge < -0.3 is 5.11 Å². The van der Waals surface area contributed by atoms with Gasteiger partial charge in [0.25, 0.3) is 0 Å². The molecule has 4 fully saturated rings. The Morgan fingerprint density at radius 2 is 1.87 bits per heavy atom. The minimum atomic E-state index is -2.84. The molecule has 0 aliphatic heterocycles. The Morgan fingerprint density at radius 1 is 1.17 bits per heavy atom. The summed E-state index contributed by atoms with van der Waals surface area (Å²) in [6.45, 7) is 5.97. The van der Waals surface area contributed by atoms with Crippen molar-refractivity contribution in [2.24, 2.45) is 58.2 Å². The fourth-order valence-corrected chi connectivity index (χ4v) is 8.92. The molecule has 0 aromatic rings. The molecule has 0 spiro atoms. The molecule has 0 amide bonds. The van der Waals surface area contributed by atoms with Gasteiger partial charge in [-0.15, -0.1) is 0 Å². The van der Waals surface area contributed by atoms with Crippen LogP contribution < -0.4 is 0 Å². The molecule has 0 aromatic carbocycles. The quantitative estimate of drug-likeness (QED) is 0.544. The molecule has 170 valence electrons. The normalized spacial score (nSPS) is 52.5. The third-order valence-electron chi connectivity index (χ3n) is 10.6. The van der Waals surface area contributed by atoms with Crippen molar-refractivity contribution in [3.05, 3.63) is 0 Å². The third kappa shape index (κ3) is 3.28. The number of aliphatic carboxylic acids is 1. The van der Waals surface area contributed by atoms with Crippen LogP contribution in [0.1, 0.15) is 106 Å². The van der Waals surface area contributed by atoms with Crippen molar-refractivity contribution in [3.63, 3.8) is 0 Å². The van der Waals surface area contributed by atoms with Gasteiger partial charge in [0.05, 0.1) is 0 Å². The highest BCUT2D eigenvalue weighted by atomic mass is 16.4. The molecule has 1 N–H and O–H groups in total. The maximum atomic E-state index is 14.4. The lowest BCUT2D eigenvalue weighted by Crippen LogP contribution is -2.60. The number of carbonyl (C=O) groups is 2. The first-order chi connectivity index (χ1) is 16.1. The molecule has 0 radical (unpaired) electrons. The Kier molecular flexibility index (Phi) is 4.42. The van der Waals surface area contributed by atoms with Crippen molar-refractivity contribution in [3.8, 4) is 0 Å². The van der Waals surface area contributed by atoms with Gasteiger partial charge in [0.15, 0.2) is 0 Å². The molecule has 4 saturated carbocycles. The summed E-state index contributed by atoms with van der Waals surface area (Å²) in [6, 6.07) is 0. The van der Waals surface area contributed by atoms with Crippen LogP contribution in [0.5, 0.6) is 0 Å². The van der Waals surface area contributed by atoms with E-state index < -0.39 is 25.1 Å². The van der Waals surface area contributed by atoms with E-state index in [2.05, 4.69) is 27.7 Å². The number of hydrogen-bond donors (Lipinski definition) is 1. The summed E-state index contributed by atoms with van der Waals surface area (Å²) in [4.78, 5) is 25.6. The van der Waals surface area contributed by atoms with E-state index in [-0.39, 0.29) is 52.6 Å². The Balaban J connectivity index is 1.73. The summed E-state index contributed by atoms with van der Waals surface area (Å²) >= 11 is 0. The van der Waals surface area contributed by atoms with Crippen LogP contribution in [0.3, 0.4) is 0 Å². The van der Waals surface area contributed by atoms with E-state index >= 15 is 0 Å². The molecule has 0 saturated heterocycles. The number of rotatable bonds is 5. The summed E-state index contributed by atoms with van der Waals surface area (Å²) in [5, 5.41) is 9.19. The molecule has 0 heterocycles. The van der Waals surface area contributed by atoms with E-state index in [4.69, 9.17) is 6.85 Å². The first-order valence-electron chi connectivity index (χ1n) is 14.8. The highest BCUT2D eigenvalue weighted by Crippen LogP contribution is 2.69. The van der Waals surface area contributed by atoms with Gasteiger partial charge in [0.1, 0.15) is 5.78 Å². The lowest BCUT2D eigenvalue weighted by molar-refractivity contribution is -0.170. The molecule has 0 bridgehead atoms. The summed E-state index contributed by atoms with van der Waals surface area (Å²) in [5.74, 6) is -1.24. The minimum absolute atomic E-state index is 0.0862. The second kappa shape index (κ2) is 7.93. The zero-order valence-corrected chi connectivity index (χ0v) is 19.2. The lowest BCUT2D eigenvalue weighted by Gasteiger charge is -2.62. The number of carboxylic acids is 1. The molecular weight excluding hydrogens is 372 g/mol. The van der Waals surface area contributed by atoms with Gasteiger partial charge in [0.2, 0.25) is 0 Å². The molecule has 3 heteroatoms. The first kappa shape index (κ1) is 16.7. The highest BCUT2D eigenvalue weighted by Gasteiger charge is 2.64. The Bertz CT molecular complexity index is 856.